The highest BCUT2D eigenvalue weighted by Gasteiger charge is 2.38. The minimum Gasteiger partial charge on any atom is -0.469 e. The van der Waals surface area contributed by atoms with Gasteiger partial charge in [0.05, 0.1) is 51.3 Å². The molecule has 0 aromatic carbocycles. The van der Waals surface area contributed by atoms with Gasteiger partial charge in [-0.25, -0.2) is 0 Å². The topological polar surface area (TPSA) is 161 Å². The van der Waals surface area contributed by atoms with E-state index in [4.69, 9.17) is 25.1 Å². The fourth-order valence-corrected chi connectivity index (χ4v) is 4.09. The van der Waals surface area contributed by atoms with Crippen molar-refractivity contribution in [3.8, 4) is 0 Å². The Hall–Kier alpha value is -2.06. The van der Waals surface area contributed by atoms with Crippen molar-refractivity contribution in [3.63, 3.8) is 0 Å². The molecule has 0 saturated carbocycles. The molecule has 2 atom stereocenters. The molecule has 0 bridgehead atoms. The van der Waals surface area contributed by atoms with Gasteiger partial charge >= 0.3 is 5.97 Å². The molecule has 3 amide bonds. The monoisotopic (exact) mass is 522 g/mol. The zero-order valence-corrected chi connectivity index (χ0v) is 21.3. The second-order valence-corrected chi connectivity index (χ2v) is 9.33. The van der Waals surface area contributed by atoms with Crippen LogP contribution in [0.5, 0.6) is 0 Å². The third-order valence-electron chi connectivity index (χ3n) is 4.97. The van der Waals surface area contributed by atoms with Gasteiger partial charge in [-0.2, -0.15) is 0 Å². The first-order valence-electron chi connectivity index (χ1n) is 11.8. The van der Waals surface area contributed by atoms with E-state index >= 15 is 0 Å². The second-order valence-electron chi connectivity index (χ2n) is 8.02. The number of primary amides is 1. The summed E-state index contributed by atoms with van der Waals surface area (Å²) in [6, 6.07) is 0. The fraction of sp³-hybridized carbons (Fsp3) is 0.773. The number of amides is 3. The lowest BCUT2D eigenvalue weighted by Gasteiger charge is -2.17. The van der Waals surface area contributed by atoms with Gasteiger partial charge in [0.25, 0.3) is 0 Å². The average Bonchev–Trinajstić information content (AvgIpc) is 3.12. The molecule has 0 aromatic heterocycles. The highest BCUT2D eigenvalue weighted by atomic mass is 32.2. The molecular weight excluding hydrogens is 484 g/mol. The number of carbonyl (C=O) groups is 5. The van der Waals surface area contributed by atoms with E-state index in [9.17, 15) is 24.0 Å². The van der Waals surface area contributed by atoms with Gasteiger partial charge in [0, 0.05) is 18.6 Å². The number of methoxy groups -OCH3 is 1. The van der Waals surface area contributed by atoms with Gasteiger partial charge in [0.15, 0.2) is 7.20 Å². The predicted octanol–water partition coefficient (Wildman–Crippen LogP) is -0.239. The summed E-state index contributed by atoms with van der Waals surface area (Å²) in [6.45, 7) is 4.14. The fourth-order valence-electron chi connectivity index (χ4n) is 3.06. The van der Waals surface area contributed by atoms with Crippen molar-refractivity contribution in [2.24, 2.45) is 17.6 Å². The van der Waals surface area contributed by atoms with Gasteiger partial charge in [-0.3, -0.25) is 28.9 Å². The predicted molar refractivity (Wildman–Crippen MR) is 125 cm³/mol. The molecule has 1 fully saturated rings. The molecule has 35 heavy (non-hydrogen) atoms. The molecule has 0 aromatic rings. The van der Waals surface area contributed by atoms with E-state index in [1.807, 2.05) is 13.8 Å². The number of hydrogen-bond donors (Lipinski definition) is 1. The largest absolute Gasteiger partial charge is 0.469 e. The van der Waals surface area contributed by atoms with Crippen LogP contribution in [-0.4, -0.2) is 105 Å². The van der Waals surface area contributed by atoms with Gasteiger partial charge in [-0.1, -0.05) is 13.8 Å². The molecule has 200 valence electrons. The van der Waals surface area contributed by atoms with Crippen LogP contribution in [0.4, 0.5) is 0 Å². The van der Waals surface area contributed by atoms with Crippen LogP contribution >= 0.6 is 11.8 Å². The number of thioether (sulfide) groups is 1. The Labute approximate surface area is 210 Å². The van der Waals surface area contributed by atoms with Crippen molar-refractivity contribution in [3.05, 3.63) is 0 Å². The van der Waals surface area contributed by atoms with Crippen LogP contribution in [0.3, 0.4) is 0 Å². The summed E-state index contributed by atoms with van der Waals surface area (Å²) >= 11 is 1.32. The smallest absolute Gasteiger partial charge is 0.309 e. The maximum absolute atomic E-state index is 12.4. The van der Waals surface area contributed by atoms with Gasteiger partial charge in [0.1, 0.15) is 19.9 Å². The van der Waals surface area contributed by atoms with Gasteiger partial charge < -0.3 is 29.4 Å². The summed E-state index contributed by atoms with van der Waals surface area (Å²) in [7, 11) is 1.30. The Morgan fingerprint density at radius 1 is 1.06 bits per heavy atom. The number of hydrogen-bond acceptors (Lipinski definition) is 11. The lowest BCUT2D eigenvalue weighted by Crippen LogP contribution is -2.34. The van der Waals surface area contributed by atoms with Crippen molar-refractivity contribution in [2.45, 2.75) is 31.9 Å². The molecule has 2 N–H and O–H groups in total. The molecule has 0 radical (unpaired) electrons. The minimum absolute atomic E-state index is 0.0146. The lowest BCUT2D eigenvalue weighted by atomic mass is 9.91. The van der Waals surface area contributed by atoms with Crippen LogP contribution in [-0.2, 0) is 47.7 Å². The first-order valence-corrected chi connectivity index (χ1v) is 12.3. The van der Waals surface area contributed by atoms with E-state index in [1.165, 1.54) is 18.9 Å². The van der Waals surface area contributed by atoms with Crippen LogP contribution in [0, 0.1) is 11.8 Å². The summed E-state index contributed by atoms with van der Waals surface area (Å²) < 4.78 is 32.3. The molecule has 0 aliphatic carbocycles. The van der Waals surface area contributed by atoms with E-state index in [-0.39, 0.29) is 82.7 Å². The van der Waals surface area contributed by atoms with Crippen LogP contribution in [0.2, 0.25) is 1.41 Å². The SMILES string of the molecule is [3H]NC(=O)COCCOCN1C(=O)CC(SCCOCCOCC(=O)CC(C(=O)OC)C(C)C)C1=O. The Kier molecular flexibility index (Phi) is 14.5. The normalized spacial score (nSPS) is 17.0. The molecule has 1 aliphatic heterocycles. The quantitative estimate of drug-likeness (QED) is 0.128. The highest BCUT2D eigenvalue weighted by Crippen LogP contribution is 2.25. The number of Topliss-reactive ketones (excluding diaryl/α,β-unsaturated/α-hetero) is 1. The molecule has 12 nitrogen and oxygen atoms in total. The number of imide groups is 1. The molecule has 0 spiro atoms. The molecule has 2 unspecified atom stereocenters. The number of carbonyl (C=O) groups excluding carboxylic acids is 5. The first-order chi connectivity index (χ1) is 17.2. The highest BCUT2D eigenvalue weighted by molar-refractivity contribution is 8.00. The van der Waals surface area contributed by atoms with Crippen molar-refractivity contribution in [1.29, 1.82) is 0 Å². The molecule has 1 rings (SSSR count). The Bertz CT molecular complexity index is 740. The van der Waals surface area contributed by atoms with Crippen molar-refractivity contribution in [2.75, 3.05) is 65.8 Å². The third-order valence-corrected chi connectivity index (χ3v) is 6.14. The van der Waals surface area contributed by atoms with E-state index in [0.717, 1.165) is 4.90 Å². The maximum Gasteiger partial charge on any atom is 0.309 e. The molecule has 13 heteroatoms. The lowest BCUT2D eigenvalue weighted by molar-refractivity contribution is -0.149. The number of ketones is 1. The van der Waals surface area contributed by atoms with Crippen LogP contribution in [0.25, 0.3) is 0 Å². The van der Waals surface area contributed by atoms with Crippen LogP contribution in [0.15, 0.2) is 0 Å². The van der Waals surface area contributed by atoms with E-state index < -0.39 is 23.0 Å². The molecule has 1 saturated heterocycles. The van der Waals surface area contributed by atoms with Crippen molar-refractivity contribution in [1.82, 2.24) is 4.90 Å². The van der Waals surface area contributed by atoms with Crippen LogP contribution < -0.4 is 5.73 Å². The van der Waals surface area contributed by atoms with Gasteiger partial charge in [-0.15, -0.1) is 11.8 Å². The first kappa shape index (κ1) is 29.2. The minimum atomic E-state index is -0.585. The van der Waals surface area contributed by atoms with Crippen molar-refractivity contribution >= 4 is 41.2 Å². The zero-order chi connectivity index (χ0) is 26.9. The van der Waals surface area contributed by atoms with Gasteiger partial charge in [-0.05, 0) is 5.92 Å². The molecular formula is C22H36N2O10S. The third kappa shape index (κ3) is 12.5. The molecule has 1 heterocycles. The Balaban J connectivity index is 2.11. The average molecular weight is 523 g/mol. The maximum atomic E-state index is 12.4. The van der Waals surface area contributed by atoms with E-state index in [1.54, 1.807) is 5.73 Å². The van der Waals surface area contributed by atoms with Gasteiger partial charge in [0.2, 0.25) is 17.7 Å². The van der Waals surface area contributed by atoms with E-state index in [0.29, 0.717) is 12.4 Å². The summed E-state index contributed by atoms with van der Waals surface area (Å²) in [5.41, 5.74) is 1.67. The van der Waals surface area contributed by atoms with E-state index in [2.05, 4.69) is 0 Å². The summed E-state index contributed by atoms with van der Waals surface area (Å²) in [5, 5.41) is -0.501. The standard InChI is InChI=1S/C22H36N2O10S/c1-15(2)17(22(29)30-3)10-16(25)12-32-5-4-31-8-9-35-18-11-20(27)24(21(18)28)14-34-7-6-33-13-19(23)26/h15,17-18H,4-14H2,1-3H3,(H2,23,26)/i/hT. The number of ether oxygens (including phenoxy) is 5. The summed E-state index contributed by atoms with van der Waals surface area (Å²) in [5.74, 6) is -1.83. The summed E-state index contributed by atoms with van der Waals surface area (Å²) in [6.07, 6.45) is 0.151. The number of nitrogens with zero attached hydrogens (tertiary/aromatic N) is 1. The Morgan fingerprint density at radius 3 is 2.37 bits per heavy atom. The number of esters is 1. The van der Waals surface area contributed by atoms with Crippen molar-refractivity contribution < 1.29 is 49.1 Å². The zero-order valence-electron chi connectivity index (χ0n) is 21.4. The number of rotatable bonds is 20. The number of likely N-dealkylation sites (tertiary alicyclic amines) is 1. The van der Waals surface area contributed by atoms with Crippen LogP contribution in [0.1, 0.15) is 26.7 Å². The molecule has 1 aliphatic rings. The summed E-state index contributed by atoms with van der Waals surface area (Å²) in [4.78, 5) is 60.1. The Morgan fingerprint density at radius 2 is 1.71 bits per heavy atom. The number of nitrogens with two attached hydrogens (primary N) is 1. The second kappa shape index (κ2) is 17.4.